The minimum atomic E-state index is 0.336. The maximum atomic E-state index is 6.08. The Morgan fingerprint density at radius 2 is 1.95 bits per heavy atom. The van der Waals surface area contributed by atoms with Crippen molar-refractivity contribution in [2.24, 2.45) is 17.6 Å². The molecule has 0 spiro atoms. The van der Waals surface area contributed by atoms with Crippen LogP contribution in [-0.4, -0.2) is 31.6 Å². The van der Waals surface area contributed by atoms with Gasteiger partial charge in [-0.1, -0.05) is 26.0 Å². The molecule has 1 aliphatic rings. The Morgan fingerprint density at radius 3 is 2.43 bits per heavy atom. The van der Waals surface area contributed by atoms with Crippen molar-refractivity contribution >= 4 is 0 Å². The molecule has 1 unspecified atom stereocenters. The third-order valence-electron chi connectivity index (χ3n) is 4.98. The first-order valence-electron chi connectivity index (χ1n) is 8.15. The van der Waals surface area contributed by atoms with E-state index in [-0.39, 0.29) is 0 Å². The number of ether oxygens (including phenoxy) is 1. The SMILES string of the molecule is COc1ccc(C(CN)N2CCC(C(C)C)CC2)cc1C. The molecule has 1 aliphatic heterocycles. The molecule has 0 bridgehead atoms. The number of nitrogens with zero attached hydrogens (tertiary/aromatic N) is 1. The van der Waals surface area contributed by atoms with Gasteiger partial charge in [0, 0.05) is 12.6 Å². The van der Waals surface area contributed by atoms with E-state index in [2.05, 4.69) is 43.9 Å². The standard InChI is InChI=1S/C18H30N2O/c1-13(2)15-7-9-20(10-8-15)17(12-19)16-5-6-18(21-4)14(3)11-16/h5-6,11,13,15,17H,7-10,12,19H2,1-4H3. The lowest BCUT2D eigenvalue weighted by molar-refractivity contribution is 0.117. The van der Waals surface area contributed by atoms with Crippen LogP contribution in [0.4, 0.5) is 0 Å². The van der Waals surface area contributed by atoms with Crippen LogP contribution in [0.5, 0.6) is 5.75 Å². The summed E-state index contributed by atoms with van der Waals surface area (Å²) < 4.78 is 5.35. The van der Waals surface area contributed by atoms with Crippen LogP contribution in [0.3, 0.4) is 0 Å². The molecule has 0 radical (unpaired) electrons. The van der Waals surface area contributed by atoms with Gasteiger partial charge in [-0.3, -0.25) is 4.90 Å². The maximum Gasteiger partial charge on any atom is 0.121 e. The summed E-state index contributed by atoms with van der Waals surface area (Å²) in [7, 11) is 1.72. The molecule has 0 amide bonds. The second-order valence-electron chi connectivity index (χ2n) is 6.60. The number of hydrogen-bond acceptors (Lipinski definition) is 3. The van der Waals surface area contributed by atoms with Gasteiger partial charge in [-0.05, 0) is 61.9 Å². The molecule has 1 atom stereocenters. The molecular formula is C18H30N2O. The van der Waals surface area contributed by atoms with E-state index in [9.17, 15) is 0 Å². The Bertz CT molecular complexity index is 451. The summed E-state index contributed by atoms with van der Waals surface area (Å²) >= 11 is 0. The molecule has 2 N–H and O–H groups in total. The normalized spacial score (nSPS) is 19.0. The minimum Gasteiger partial charge on any atom is -0.496 e. The highest BCUT2D eigenvalue weighted by Crippen LogP contribution is 2.31. The van der Waals surface area contributed by atoms with E-state index in [0.29, 0.717) is 12.6 Å². The fraction of sp³-hybridized carbons (Fsp3) is 0.667. The number of piperidine rings is 1. The lowest BCUT2D eigenvalue weighted by atomic mass is 9.86. The molecule has 0 aliphatic carbocycles. The van der Waals surface area contributed by atoms with Crippen molar-refractivity contribution < 1.29 is 4.74 Å². The lowest BCUT2D eigenvalue weighted by Gasteiger charge is -2.38. The highest BCUT2D eigenvalue weighted by atomic mass is 16.5. The average molecular weight is 290 g/mol. The Hall–Kier alpha value is -1.06. The van der Waals surface area contributed by atoms with Crippen LogP contribution < -0.4 is 10.5 Å². The van der Waals surface area contributed by atoms with Gasteiger partial charge in [-0.2, -0.15) is 0 Å². The molecule has 118 valence electrons. The summed E-state index contributed by atoms with van der Waals surface area (Å²) in [5.41, 5.74) is 8.58. The van der Waals surface area contributed by atoms with Crippen molar-refractivity contribution in [2.75, 3.05) is 26.7 Å². The number of likely N-dealkylation sites (tertiary alicyclic amines) is 1. The van der Waals surface area contributed by atoms with Crippen LogP contribution >= 0.6 is 0 Å². The van der Waals surface area contributed by atoms with Crippen molar-refractivity contribution in [3.63, 3.8) is 0 Å². The number of aryl methyl sites for hydroxylation is 1. The first kappa shape index (κ1) is 16.3. The number of benzene rings is 1. The zero-order valence-corrected chi connectivity index (χ0v) is 13.9. The number of hydrogen-bond donors (Lipinski definition) is 1. The van der Waals surface area contributed by atoms with Crippen molar-refractivity contribution in [1.29, 1.82) is 0 Å². The predicted molar refractivity (Wildman–Crippen MR) is 88.7 cm³/mol. The van der Waals surface area contributed by atoms with Gasteiger partial charge in [0.2, 0.25) is 0 Å². The Labute approximate surface area is 129 Å². The maximum absolute atomic E-state index is 6.08. The summed E-state index contributed by atoms with van der Waals surface area (Å²) in [5.74, 6) is 2.62. The molecule has 1 aromatic carbocycles. The molecule has 21 heavy (non-hydrogen) atoms. The summed E-state index contributed by atoms with van der Waals surface area (Å²) in [6.07, 6.45) is 2.59. The molecule has 0 aromatic heterocycles. The fourth-order valence-electron chi connectivity index (χ4n) is 3.50. The van der Waals surface area contributed by atoms with Crippen molar-refractivity contribution in [2.45, 2.75) is 39.7 Å². The molecule has 3 heteroatoms. The molecule has 1 saturated heterocycles. The van der Waals surface area contributed by atoms with Gasteiger partial charge < -0.3 is 10.5 Å². The second-order valence-corrected chi connectivity index (χ2v) is 6.60. The van der Waals surface area contributed by atoms with Gasteiger partial charge in [0.15, 0.2) is 0 Å². The monoisotopic (exact) mass is 290 g/mol. The topological polar surface area (TPSA) is 38.5 Å². The van der Waals surface area contributed by atoms with Gasteiger partial charge in [0.25, 0.3) is 0 Å². The van der Waals surface area contributed by atoms with E-state index in [1.54, 1.807) is 7.11 Å². The highest BCUT2D eigenvalue weighted by Gasteiger charge is 2.26. The number of methoxy groups -OCH3 is 1. The zero-order chi connectivity index (χ0) is 15.4. The van der Waals surface area contributed by atoms with Crippen LogP contribution in [0.2, 0.25) is 0 Å². The van der Waals surface area contributed by atoms with Crippen LogP contribution in [0, 0.1) is 18.8 Å². The van der Waals surface area contributed by atoms with E-state index in [1.807, 2.05) is 0 Å². The lowest BCUT2D eigenvalue weighted by Crippen LogP contribution is -2.40. The van der Waals surface area contributed by atoms with Gasteiger partial charge in [-0.25, -0.2) is 0 Å². The van der Waals surface area contributed by atoms with Crippen LogP contribution in [0.15, 0.2) is 18.2 Å². The first-order chi connectivity index (χ1) is 10.1. The summed E-state index contributed by atoms with van der Waals surface area (Å²) in [6, 6.07) is 6.79. The van der Waals surface area contributed by atoms with E-state index in [0.717, 1.165) is 30.7 Å². The van der Waals surface area contributed by atoms with E-state index >= 15 is 0 Å². The summed E-state index contributed by atoms with van der Waals surface area (Å²) in [6.45, 7) is 9.78. The number of rotatable bonds is 5. The van der Waals surface area contributed by atoms with Crippen molar-refractivity contribution in [3.8, 4) is 5.75 Å². The third kappa shape index (κ3) is 3.78. The minimum absolute atomic E-state index is 0.336. The molecule has 1 heterocycles. The zero-order valence-electron chi connectivity index (χ0n) is 13.9. The molecule has 2 rings (SSSR count). The van der Waals surface area contributed by atoms with Crippen LogP contribution in [0.1, 0.15) is 43.9 Å². The van der Waals surface area contributed by atoms with Crippen molar-refractivity contribution in [1.82, 2.24) is 4.90 Å². The van der Waals surface area contributed by atoms with E-state index in [1.165, 1.54) is 24.0 Å². The molecule has 1 fully saturated rings. The van der Waals surface area contributed by atoms with Gasteiger partial charge in [-0.15, -0.1) is 0 Å². The molecule has 1 aromatic rings. The molecule has 3 nitrogen and oxygen atoms in total. The smallest absolute Gasteiger partial charge is 0.121 e. The van der Waals surface area contributed by atoms with Crippen LogP contribution in [-0.2, 0) is 0 Å². The van der Waals surface area contributed by atoms with Gasteiger partial charge >= 0.3 is 0 Å². The summed E-state index contributed by atoms with van der Waals surface area (Å²) in [5, 5.41) is 0. The molecule has 0 saturated carbocycles. The highest BCUT2D eigenvalue weighted by molar-refractivity contribution is 5.37. The van der Waals surface area contributed by atoms with Gasteiger partial charge in [0.05, 0.1) is 7.11 Å². The van der Waals surface area contributed by atoms with Crippen LogP contribution in [0.25, 0.3) is 0 Å². The van der Waals surface area contributed by atoms with Crippen molar-refractivity contribution in [3.05, 3.63) is 29.3 Å². The Kier molecular flexibility index (Phi) is 5.65. The number of nitrogens with two attached hydrogens (primary N) is 1. The molecular weight excluding hydrogens is 260 g/mol. The first-order valence-corrected chi connectivity index (χ1v) is 8.15. The Balaban J connectivity index is 2.08. The quantitative estimate of drug-likeness (QED) is 0.903. The van der Waals surface area contributed by atoms with Gasteiger partial charge in [0.1, 0.15) is 5.75 Å². The second kappa shape index (κ2) is 7.28. The average Bonchev–Trinajstić information content (AvgIpc) is 2.49. The third-order valence-corrected chi connectivity index (χ3v) is 4.98. The van der Waals surface area contributed by atoms with E-state index in [4.69, 9.17) is 10.5 Å². The largest absolute Gasteiger partial charge is 0.496 e. The fourth-order valence-corrected chi connectivity index (χ4v) is 3.50. The Morgan fingerprint density at radius 1 is 1.29 bits per heavy atom. The predicted octanol–water partition coefficient (Wildman–Crippen LogP) is 3.37. The summed E-state index contributed by atoms with van der Waals surface area (Å²) in [4.78, 5) is 2.56. The van der Waals surface area contributed by atoms with E-state index < -0.39 is 0 Å².